The van der Waals surface area contributed by atoms with Gasteiger partial charge < -0.3 is 9.47 Å². The number of esters is 1. The van der Waals surface area contributed by atoms with E-state index in [1.54, 1.807) is 0 Å². The second-order valence-electron chi connectivity index (χ2n) is 5.99. The van der Waals surface area contributed by atoms with Gasteiger partial charge in [-0.2, -0.15) is 0 Å². The fourth-order valence-electron chi connectivity index (χ4n) is 2.56. The van der Waals surface area contributed by atoms with Crippen LogP contribution >= 0.6 is 0 Å². The number of hydrogen-bond acceptors (Lipinski definition) is 3. The van der Waals surface area contributed by atoms with E-state index in [9.17, 15) is 4.79 Å². The molecule has 2 aromatic carbocycles. The fourth-order valence-corrected chi connectivity index (χ4v) is 2.56. The number of carbonyl (C=O) groups excluding carboxylic acids is 1. The van der Waals surface area contributed by atoms with Crippen molar-refractivity contribution >= 4 is 35.5 Å². The third kappa shape index (κ3) is 4.17. The molecule has 3 rings (SSSR count). The van der Waals surface area contributed by atoms with Crippen LogP contribution in [0.25, 0.3) is 0 Å². The van der Waals surface area contributed by atoms with Gasteiger partial charge in [-0.25, -0.2) is 4.79 Å². The van der Waals surface area contributed by atoms with E-state index in [0.29, 0.717) is 24.5 Å². The first-order chi connectivity index (χ1) is 10.6. The van der Waals surface area contributed by atoms with Crippen LogP contribution < -0.4 is 4.74 Å². The number of ether oxygens (including phenoxy) is 2. The van der Waals surface area contributed by atoms with E-state index in [0.717, 1.165) is 29.0 Å². The molecule has 1 aliphatic heterocycles. The molecule has 23 heavy (non-hydrogen) atoms. The summed E-state index contributed by atoms with van der Waals surface area (Å²) in [6, 6.07) is 13.5. The number of hydrogen-bond donors (Lipinski definition) is 0. The van der Waals surface area contributed by atoms with Gasteiger partial charge in [0, 0.05) is 41.5 Å². The van der Waals surface area contributed by atoms with Crippen molar-refractivity contribution in [2.45, 2.75) is 26.7 Å². The molecule has 1 aliphatic rings. The molecule has 0 N–H and O–H groups in total. The molecule has 1 radical (unpaired) electrons. The molecule has 0 fully saturated rings. The molecule has 0 aliphatic carbocycles. The van der Waals surface area contributed by atoms with E-state index in [-0.39, 0.29) is 35.5 Å². The maximum Gasteiger partial charge on any atom is 0.338 e. The van der Waals surface area contributed by atoms with Gasteiger partial charge in [0.15, 0.2) is 0 Å². The van der Waals surface area contributed by atoms with E-state index < -0.39 is 0 Å². The minimum absolute atomic E-state index is 0. The molecule has 0 spiro atoms. The van der Waals surface area contributed by atoms with Gasteiger partial charge in [-0.05, 0) is 36.1 Å². The zero-order valence-corrected chi connectivity index (χ0v) is 16.0. The Labute approximate surface area is 159 Å². The molecule has 0 amide bonds. The van der Waals surface area contributed by atoms with Crippen LogP contribution in [-0.4, -0.2) is 42.1 Å². The first-order valence-corrected chi connectivity index (χ1v) is 7.70. The summed E-state index contributed by atoms with van der Waals surface area (Å²) in [4.78, 5) is 12.3. The minimum atomic E-state index is -0.263. The SMILES string of the molecule is CC(C)CCOC(=O)c1cccc2c1Cc1ccccc1O2.[Na]. The molecule has 2 aromatic rings. The molecule has 4 heteroatoms. The summed E-state index contributed by atoms with van der Waals surface area (Å²) in [5.41, 5.74) is 2.61. The van der Waals surface area contributed by atoms with Gasteiger partial charge in [0.05, 0.1) is 12.2 Å². The summed E-state index contributed by atoms with van der Waals surface area (Å²) in [7, 11) is 0. The van der Waals surface area contributed by atoms with Crippen LogP contribution in [0, 0.1) is 5.92 Å². The van der Waals surface area contributed by atoms with Crippen molar-refractivity contribution in [1.29, 1.82) is 0 Å². The summed E-state index contributed by atoms with van der Waals surface area (Å²) < 4.78 is 11.3. The van der Waals surface area contributed by atoms with Gasteiger partial charge in [-0.1, -0.05) is 38.1 Å². The summed E-state index contributed by atoms with van der Waals surface area (Å²) >= 11 is 0. The molecule has 0 saturated carbocycles. The van der Waals surface area contributed by atoms with Gasteiger partial charge in [0.2, 0.25) is 0 Å². The van der Waals surface area contributed by atoms with Crippen molar-refractivity contribution in [3.63, 3.8) is 0 Å². The molecule has 3 nitrogen and oxygen atoms in total. The molecule has 0 aromatic heterocycles. The van der Waals surface area contributed by atoms with Crippen LogP contribution in [0.4, 0.5) is 0 Å². The van der Waals surface area contributed by atoms with E-state index in [1.807, 2.05) is 42.5 Å². The summed E-state index contributed by atoms with van der Waals surface area (Å²) in [6.45, 7) is 4.68. The maximum atomic E-state index is 12.3. The topological polar surface area (TPSA) is 35.5 Å². The van der Waals surface area contributed by atoms with E-state index in [2.05, 4.69) is 13.8 Å². The van der Waals surface area contributed by atoms with E-state index in [4.69, 9.17) is 9.47 Å². The second kappa shape index (κ2) is 8.00. The Morgan fingerprint density at radius 1 is 1.13 bits per heavy atom. The first kappa shape index (κ1) is 18.1. The summed E-state index contributed by atoms with van der Waals surface area (Å²) in [5, 5.41) is 0. The standard InChI is InChI=1S/C19H20O3.Na/c1-13(2)10-11-21-19(20)15-7-5-9-18-16(15)12-14-6-3-4-8-17(14)22-18;/h3-9,13H,10-12H2,1-2H3;. The maximum absolute atomic E-state index is 12.3. The number of carbonyl (C=O) groups is 1. The third-order valence-electron chi connectivity index (χ3n) is 3.84. The average Bonchev–Trinajstić information content (AvgIpc) is 2.51. The minimum Gasteiger partial charge on any atom is -0.462 e. The Morgan fingerprint density at radius 2 is 1.87 bits per heavy atom. The Bertz CT molecular complexity index is 695. The monoisotopic (exact) mass is 319 g/mol. The Morgan fingerprint density at radius 3 is 2.65 bits per heavy atom. The predicted octanol–water partition coefficient (Wildman–Crippen LogP) is 4.21. The van der Waals surface area contributed by atoms with Crippen molar-refractivity contribution in [2.24, 2.45) is 5.92 Å². The zero-order chi connectivity index (χ0) is 15.5. The molecule has 0 atom stereocenters. The number of para-hydroxylation sites is 1. The van der Waals surface area contributed by atoms with Crippen LogP contribution in [0.3, 0.4) is 0 Å². The largest absolute Gasteiger partial charge is 0.462 e. The fraction of sp³-hybridized carbons (Fsp3) is 0.316. The Balaban J connectivity index is 0.00000192. The summed E-state index contributed by atoms with van der Waals surface area (Å²) in [6.07, 6.45) is 1.57. The molecule has 115 valence electrons. The van der Waals surface area contributed by atoms with Gasteiger partial charge >= 0.3 is 5.97 Å². The quantitative estimate of drug-likeness (QED) is 0.534. The first-order valence-electron chi connectivity index (χ1n) is 7.70. The molecule has 0 unspecified atom stereocenters. The van der Waals surface area contributed by atoms with Crippen molar-refractivity contribution in [3.8, 4) is 11.5 Å². The van der Waals surface area contributed by atoms with Gasteiger partial charge in [0.1, 0.15) is 11.5 Å². The summed E-state index contributed by atoms with van der Waals surface area (Å²) in [5.74, 6) is 1.87. The van der Waals surface area contributed by atoms with Crippen molar-refractivity contribution in [3.05, 3.63) is 59.2 Å². The van der Waals surface area contributed by atoms with Crippen LogP contribution in [0.2, 0.25) is 0 Å². The van der Waals surface area contributed by atoms with Gasteiger partial charge in [0.25, 0.3) is 0 Å². The van der Waals surface area contributed by atoms with E-state index in [1.165, 1.54) is 0 Å². The number of rotatable bonds is 4. The van der Waals surface area contributed by atoms with Crippen molar-refractivity contribution in [1.82, 2.24) is 0 Å². The Kier molecular flexibility index (Phi) is 6.28. The number of fused-ring (bicyclic) bond motifs is 2. The van der Waals surface area contributed by atoms with Crippen LogP contribution in [-0.2, 0) is 11.2 Å². The van der Waals surface area contributed by atoms with Crippen LogP contribution in [0.15, 0.2) is 42.5 Å². The molecular formula is C19H20NaO3. The average molecular weight is 319 g/mol. The molecular weight excluding hydrogens is 299 g/mol. The molecule has 0 saturated heterocycles. The van der Waals surface area contributed by atoms with Crippen LogP contribution in [0.1, 0.15) is 41.8 Å². The predicted molar refractivity (Wildman–Crippen MR) is 91.3 cm³/mol. The van der Waals surface area contributed by atoms with Gasteiger partial charge in [-0.3, -0.25) is 0 Å². The smallest absolute Gasteiger partial charge is 0.338 e. The Hall–Kier alpha value is -1.29. The van der Waals surface area contributed by atoms with E-state index >= 15 is 0 Å². The molecule has 1 heterocycles. The van der Waals surface area contributed by atoms with Gasteiger partial charge in [-0.15, -0.1) is 0 Å². The van der Waals surface area contributed by atoms with Crippen molar-refractivity contribution in [2.75, 3.05) is 6.61 Å². The zero-order valence-electron chi connectivity index (χ0n) is 14.0. The number of benzene rings is 2. The second-order valence-corrected chi connectivity index (χ2v) is 5.99. The van der Waals surface area contributed by atoms with Crippen LogP contribution in [0.5, 0.6) is 11.5 Å². The van der Waals surface area contributed by atoms with Crippen molar-refractivity contribution < 1.29 is 14.3 Å². The molecule has 0 bridgehead atoms. The normalized spacial score (nSPS) is 11.8. The third-order valence-corrected chi connectivity index (χ3v) is 3.84.